The summed E-state index contributed by atoms with van der Waals surface area (Å²) in [4.78, 5) is 23.9. The van der Waals surface area contributed by atoms with Gasteiger partial charge in [0.25, 0.3) is 5.91 Å². The smallest absolute Gasteiger partial charge is 0.338 e. The van der Waals surface area contributed by atoms with E-state index < -0.39 is 28.5 Å². The zero-order valence-electron chi connectivity index (χ0n) is 17.0. The SMILES string of the molecule is CC[C@H](C)NC(=O)COC(=O)c1ccc(Cl)c(S(=O)(=O)N2C[C@@H](C)O[C@H](C)C2)c1. The Hall–Kier alpha value is -1.68. The number of amides is 1. The van der Waals surface area contributed by atoms with Gasteiger partial charge in [0.2, 0.25) is 10.0 Å². The van der Waals surface area contributed by atoms with E-state index in [4.69, 9.17) is 21.1 Å². The second-order valence-electron chi connectivity index (χ2n) is 7.18. The van der Waals surface area contributed by atoms with Gasteiger partial charge in [-0.15, -0.1) is 0 Å². The van der Waals surface area contributed by atoms with Crippen molar-refractivity contribution in [3.8, 4) is 0 Å². The molecular weight excluding hydrogens is 420 g/mol. The lowest BCUT2D eigenvalue weighted by Gasteiger charge is -2.34. The topological polar surface area (TPSA) is 102 Å². The van der Waals surface area contributed by atoms with Crippen LogP contribution in [-0.4, -0.2) is 62.5 Å². The van der Waals surface area contributed by atoms with Gasteiger partial charge in [0.05, 0.1) is 22.8 Å². The molecule has 1 heterocycles. The van der Waals surface area contributed by atoms with Gasteiger partial charge in [0, 0.05) is 19.1 Å². The molecule has 1 aliphatic rings. The van der Waals surface area contributed by atoms with Gasteiger partial charge in [-0.05, 0) is 45.4 Å². The number of morpholine rings is 1. The zero-order chi connectivity index (χ0) is 21.8. The molecule has 1 N–H and O–H groups in total. The van der Waals surface area contributed by atoms with Gasteiger partial charge in [0.15, 0.2) is 6.61 Å². The van der Waals surface area contributed by atoms with Crippen molar-refractivity contribution in [2.24, 2.45) is 0 Å². The molecule has 0 unspecified atom stereocenters. The first-order chi connectivity index (χ1) is 13.5. The maximum Gasteiger partial charge on any atom is 0.338 e. The summed E-state index contributed by atoms with van der Waals surface area (Å²) in [5.74, 6) is -1.23. The van der Waals surface area contributed by atoms with Crippen LogP contribution in [0.2, 0.25) is 5.02 Å². The van der Waals surface area contributed by atoms with Gasteiger partial charge in [-0.2, -0.15) is 4.31 Å². The molecule has 1 aromatic rings. The van der Waals surface area contributed by atoms with E-state index in [1.54, 1.807) is 13.8 Å². The van der Waals surface area contributed by atoms with Crippen molar-refractivity contribution >= 4 is 33.5 Å². The van der Waals surface area contributed by atoms with Crippen LogP contribution < -0.4 is 5.32 Å². The minimum atomic E-state index is -3.93. The monoisotopic (exact) mass is 446 g/mol. The molecule has 0 aliphatic carbocycles. The van der Waals surface area contributed by atoms with Crippen molar-refractivity contribution < 1.29 is 27.5 Å². The van der Waals surface area contributed by atoms with Gasteiger partial charge in [-0.25, -0.2) is 13.2 Å². The van der Waals surface area contributed by atoms with Crippen LogP contribution in [-0.2, 0) is 24.3 Å². The minimum absolute atomic E-state index is 0.00123. The molecule has 3 atom stereocenters. The summed E-state index contributed by atoms with van der Waals surface area (Å²) in [5, 5.41) is 2.68. The molecule has 10 heteroatoms. The Bertz CT molecular complexity index is 850. The van der Waals surface area contributed by atoms with Gasteiger partial charge < -0.3 is 14.8 Å². The predicted octanol–water partition coefficient (Wildman–Crippen LogP) is 2.21. The molecule has 162 valence electrons. The number of carbonyl (C=O) groups excluding carboxylic acids is 2. The summed E-state index contributed by atoms with van der Waals surface area (Å²) in [6.45, 7) is 7.26. The van der Waals surface area contributed by atoms with E-state index in [0.29, 0.717) is 0 Å². The van der Waals surface area contributed by atoms with Crippen LogP contribution in [0.4, 0.5) is 0 Å². The Labute approximate surface area is 176 Å². The molecule has 1 aliphatic heterocycles. The maximum atomic E-state index is 13.1. The van der Waals surface area contributed by atoms with Crippen LogP contribution in [0.3, 0.4) is 0 Å². The number of benzene rings is 1. The van der Waals surface area contributed by atoms with Gasteiger partial charge in [0.1, 0.15) is 4.90 Å². The van der Waals surface area contributed by atoms with E-state index in [9.17, 15) is 18.0 Å². The fourth-order valence-electron chi connectivity index (χ4n) is 2.93. The number of ether oxygens (including phenoxy) is 2. The molecular formula is C19H27ClN2O6S. The van der Waals surface area contributed by atoms with E-state index in [0.717, 1.165) is 6.42 Å². The van der Waals surface area contributed by atoms with Gasteiger partial charge in [-0.1, -0.05) is 18.5 Å². The Balaban J connectivity index is 2.16. The Morgan fingerprint density at radius 1 is 1.31 bits per heavy atom. The third-order valence-electron chi connectivity index (χ3n) is 4.52. The molecule has 1 fully saturated rings. The summed E-state index contributed by atoms with van der Waals surface area (Å²) >= 11 is 6.12. The number of nitrogens with zero attached hydrogens (tertiary/aromatic N) is 1. The fraction of sp³-hybridized carbons (Fsp3) is 0.579. The number of esters is 1. The number of hydrogen-bond acceptors (Lipinski definition) is 6. The summed E-state index contributed by atoms with van der Waals surface area (Å²) in [5.41, 5.74) is -0.00123. The molecule has 0 saturated carbocycles. The quantitative estimate of drug-likeness (QED) is 0.644. The zero-order valence-corrected chi connectivity index (χ0v) is 18.5. The maximum absolute atomic E-state index is 13.1. The highest BCUT2D eigenvalue weighted by Gasteiger charge is 2.34. The molecule has 8 nitrogen and oxygen atoms in total. The standard InChI is InChI=1S/C19H27ClN2O6S/c1-5-12(2)21-18(23)11-27-19(24)15-6-7-16(20)17(8-15)29(25,26)22-9-13(3)28-14(4)10-22/h6-8,12-14H,5,9-11H2,1-4H3,(H,21,23)/t12-,13+,14+/m0/s1. The number of sulfonamides is 1. The molecule has 0 radical (unpaired) electrons. The van der Waals surface area contributed by atoms with Crippen LogP contribution in [0.1, 0.15) is 44.5 Å². The van der Waals surface area contributed by atoms with Crippen molar-refractivity contribution in [3.05, 3.63) is 28.8 Å². The molecule has 1 aromatic carbocycles. The van der Waals surface area contributed by atoms with Crippen molar-refractivity contribution in [3.63, 3.8) is 0 Å². The first-order valence-electron chi connectivity index (χ1n) is 9.46. The van der Waals surface area contributed by atoms with Crippen LogP contribution in [0.25, 0.3) is 0 Å². The van der Waals surface area contributed by atoms with E-state index in [1.807, 2.05) is 13.8 Å². The number of nitrogens with one attached hydrogen (secondary N) is 1. The third kappa shape index (κ3) is 6.15. The van der Waals surface area contributed by atoms with Crippen LogP contribution in [0.15, 0.2) is 23.1 Å². The highest BCUT2D eigenvalue weighted by Crippen LogP contribution is 2.28. The number of hydrogen-bond donors (Lipinski definition) is 1. The van der Waals surface area contributed by atoms with E-state index in [-0.39, 0.29) is 46.8 Å². The average molecular weight is 447 g/mol. The van der Waals surface area contributed by atoms with Crippen molar-refractivity contribution in [2.75, 3.05) is 19.7 Å². The summed E-state index contributed by atoms with van der Waals surface area (Å²) in [6.07, 6.45) is 0.227. The highest BCUT2D eigenvalue weighted by molar-refractivity contribution is 7.89. The number of carbonyl (C=O) groups is 2. The third-order valence-corrected chi connectivity index (χ3v) is 6.84. The summed E-state index contributed by atoms with van der Waals surface area (Å²) < 4.78 is 38.0. The molecule has 29 heavy (non-hydrogen) atoms. The molecule has 0 bridgehead atoms. The van der Waals surface area contributed by atoms with E-state index in [1.165, 1.54) is 22.5 Å². The van der Waals surface area contributed by atoms with Crippen molar-refractivity contribution in [1.29, 1.82) is 0 Å². The second-order valence-corrected chi connectivity index (χ2v) is 9.49. The Morgan fingerprint density at radius 2 is 1.93 bits per heavy atom. The van der Waals surface area contributed by atoms with E-state index in [2.05, 4.69) is 5.32 Å². The number of halogens is 1. The van der Waals surface area contributed by atoms with Crippen molar-refractivity contribution in [2.45, 2.75) is 57.3 Å². The fourth-order valence-corrected chi connectivity index (χ4v) is 5.02. The van der Waals surface area contributed by atoms with Crippen LogP contribution in [0, 0.1) is 0 Å². The first-order valence-corrected chi connectivity index (χ1v) is 11.3. The van der Waals surface area contributed by atoms with E-state index >= 15 is 0 Å². The van der Waals surface area contributed by atoms with Gasteiger partial charge in [-0.3, -0.25) is 4.79 Å². The molecule has 1 amide bonds. The Kier molecular flexibility index (Phi) is 8.04. The highest BCUT2D eigenvalue weighted by atomic mass is 35.5. The lowest BCUT2D eigenvalue weighted by molar-refractivity contribution is -0.124. The second kappa shape index (κ2) is 9.88. The largest absolute Gasteiger partial charge is 0.452 e. The van der Waals surface area contributed by atoms with Crippen LogP contribution >= 0.6 is 11.6 Å². The molecule has 0 spiro atoms. The molecule has 0 aromatic heterocycles. The molecule has 1 saturated heterocycles. The summed E-state index contributed by atoms with van der Waals surface area (Å²) in [7, 11) is -3.93. The normalized spacial score (nSPS) is 21.4. The van der Waals surface area contributed by atoms with Crippen molar-refractivity contribution in [1.82, 2.24) is 9.62 Å². The predicted molar refractivity (Wildman–Crippen MR) is 108 cm³/mol. The van der Waals surface area contributed by atoms with Gasteiger partial charge >= 0.3 is 5.97 Å². The minimum Gasteiger partial charge on any atom is -0.452 e. The first kappa shape index (κ1) is 23.6. The lowest BCUT2D eigenvalue weighted by Crippen LogP contribution is -2.48. The Morgan fingerprint density at radius 3 is 2.52 bits per heavy atom. The summed E-state index contributed by atoms with van der Waals surface area (Å²) in [6, 6.07) is 3.84. The lowest BCUT2D eigenvalue weighted by atomic mass is 10.2. The molecule has 2 rings (SSSR count). The average Bonchev–Trinajstić information content (AvgIpc) is 2.65. The van der Waals surface area contributed by atoms with Crippen LogP contribution in [0.5, 0.6) is 0 Å². The number of rotatable bonds is 7.